The first-order valence-electron chi connectivity index (χ1n) is 11.0. The van der Waals surface area contributed by atoms with Gasteiger partial charge in [0.15, 0.2) is 6.61 Å². The molecule has 0 fully saturated rings. The molecule has 3 N–H and O–H groups in total. The number of hydrogen-bond acceptors (Lipinski definition) is 4. The highest BCUT2D eigenvalue weighted by atomic mass is 19.4. The average molecular weight is 535 g/mol. The molecule has 4 aromatic carbocycles. The lowest BCUT2D eigenvalue weighted by Crippen LogP contribution is -2.53. The van der Waals surface area contributed by atoms with Crippen LogP contribution in [0.4, 0.5) is 32.0 Å². The van der Waals surface area contributed by atoms with Crippen LogP contribution in [-0.2, 0) is 10.4 Å². The Morgan fingerprint density at radius 2 is 1.37 bits per heavy atom. The molecule has 198 valence electrons. The first kappa shape index (κ1) is 26.8. The third-order valence-corrected chi connectivity index (χ3v) is 5.78. The number of aliphatic hydroxyl groups is 1. The number of carbonyl (C=O) groups is 1. The van der Waals surface area contributed by atoms with Gasteiger partial charge in [-0.3, -0.25) is 4.79 Å². The normalized spacial score (nSPS) is 12.4. The van der Waals surface area contributed by atoms with Crippen LogP contribution in [-0.4, -0.2) is 35.1 Å². The Kier molecular flexibility index (Phi) is 6.98. The van der Waals surface area contributed by atoms with Crippen molar-refractivity contribution in [1.82, 2.24) is 0 Å². The second-order valence-electron chi connectivity index (χ2n) is 8.36. The zero-order chi connectivity index (χ0) is 27.7. The minimum atomic E-state index is -6.14. The molecule has 0 spiro atoms. The summed E-state index contributed by atoms with van der Waals surface area (Å²) < 4.78 is 84.7. The molecule has 0 aromatic heterocycles. The topological polar surface area (TPSA) is 78.8 Å². The Morgan fingerprint density at radius 1 is 0.763 bits per heavy atom. The first-order valence-corrected chi connectivity index (χ1v) is 11.0. The average Bonchev–Trinajstić information content (AvgIpc) is 2.86. The van der Waals surface area contributed by atoms with E-state index in [2.05, 4.69) is 5.32 Å². The van der Waals surface area contributed by atoms with E-state index >= 15 is 0 Å². The van der Waals surface area contributed by atoms with Crippen LogP contribution in [0.25, 0.3) is 21.9 Å². The van der Waals surface area contributed by atoms with E-state index in [1.807, 2.05) is 42.5 Å². The van der Waals surface area contributed by atoms with Crippen molar-refractivity contribution in [3.63, 3.8) is 0 Å². The largest absolute Gasteiger partial charge is 0.508 e. The van der Waals surface area contributed by atoms with E-state index in [4.69, 9.17) is 4.74 Å². The van der Waals surface area contributed by atoms with Gasteiger partial charge in [0.1, 0.15) is 11.5 Å². The highest BCUT2D eigenvalue weighted by Gasteiger charge is 2.72. The fourth-order valence-electron chi connectivity index (χ4n) is 3.83. The third-order valence-electron chi connectivity index (χ3n) is 5.78. The van der Waals surface area contributed by atoms with Gasteiger partial charge in [0.05, 0.1) is 0 Å². The molecule has 1 amide bonds. The lowest BCUT2D eigenvalue weighted by Gasteiger charge is -2.33. The molecule has 0 unspecified atom stereocenters. The van der Waals surface area contributed by atoms with E-state index < -0.39 is 41.8 Å². The Balaban J connectivity index is 1.47. The summed E-state index contributed by atoms with van der Waals surface area (Å²) in [6, 6.07) is 21.3. The lowest BCUT2D eigenvalue weighted by atomic mass is 9.89. The number of hydrogen-bond donors (Lipinski definition) is 3. The number of benzene rings is 4. The Morgan fingerprint density at radius 3 is 1.97 bits per heavy atom. The van der Waals surface area contributed by atoms with Gasteiger partial charge >= 0.3 is 12.4 Å². The second kappa shape index (κ2) is 9.90. The van der Waals surface area contributed by atoms with Crippen LogP contribution in [0.2, 0.25) is 0 Å². The predicted molar refractivity (Wildman–Crippen MR) is 128 cm³/mol. The fraction of sp³-hybridized carbons (Fsp3) is 0.148. The monoisotopic (exact) mass is 535 g/mol. The summed E-state index contributed by atoms with van der Waals surface area (Å²) in [5.74, 6) is -1.86. The van der Waals surface area contributed by atoms with Crippen molar-refractivity contribution in [2.75, 3.05) is 11.9 Å². The van der Waals surface area contributed by atoms with Crippen LogP contribution < -0.4 is 10.1 Å². The maximum Gasteiger partial charge on any atom is 0.430 e. The molecular formula is C27H19F6NO4. The van der Waals surface area contributed by atoms with Crippen LogP contribution in [0.1, 0.15) is 5.56 Å². The molecule has 0 atom stereocenters. The van der Waals surface area contributed by atoms with Crippen molar-refractivity contribution >= 4 is 22.4 Å². The number of phenols is 1. The quantitative estimate of drug-likeness (QED) is 0.245. The summed E-state index contributed by atoms with van der Waals surface area (Å²) in [6.07, 6.45) is -12.3. The van der Waals surface area contributed by atoms with E-state index in [0.717, 1.165) is 17.2 Å². The number of ether oxygens (including phenoxy) is 1. The van der Waals surface area contributed by atoms with Crippen LogP contribution in [0.3, 0.4) is 0 Å². The Labute approximate surface area is 211 Å². The van der Waals surface area contributed by atoms with Crippen LogP contribution in [0.5, 0.6) is 11.5 Å². The number of carbonyl (C=O) groups excluding carboxylic acids is 1. The summed E-state index contributed by atoms with van der Waals surface area (Å²) in [7, 11) is 0. The van der Waals surface area contributed by atoms with Crippen molar-refractivity contribution in [3.8, 4) is 22.6 Å². The molecule has 0 aliphatic carbocycles. The van der Waals surface area contributed by atoms with Gasteiger partial charge < -0.3 is 20.3 Å². The smallest absolute Gasteiger partial charge is 0.430 e. The van der Waals surface area contributed by atoms with Gasteiger partial charge in [0.2, 0.25) is 0 Å². The fourth-order valence-corrected chi connectivity index (χ4v) is 3.83. The standard InChI is InChI=1S/C27H19F6NO4/c28-26(29,30)25(37,27(31,32)33)22-13-18-8-11-21(12-19(18)14-23(22)35)38-15-24(36)34-20-9-6-17(7-10-20)16-4-2-1-3-5-16/h1-14,35,37H,15H2,(H,34,36). The lowest BCUT2D eigenvalue weighted by molar-refractivity contribution is -0.376. The maximum absolute atomic E-state index is 13.2. The summed E-state index contributed by atoms with van der Waals surface area (Å²) in [6.45, 7) is -0.447. The van der Waals surface area contributed by atoms with Crippen LogP contribution >= 0.6 is 0 Å². The number of amides is 1. The molecule has 0 bridgehead atoms. The number of aromatic hydroxyl groups is 1. The van der Waals surface area contributed by atoms with E-state index in [9.17, 15) is 41.4 Å². The summed E-state index contributed by atoms with van der Waals surface area (Å²) in [4.78, 5) is 12.3. The van der Waals surface area contributed by atoms with Crippen molar-refractivity contribution in [2.24, 2.45) is 0 Å². The van der Waals surface area contributed by atoms with E-state index in [-0.39, 0.29) is 16.5 Å². The van der Waals surface area contributed by atoms with Crippen LogP contribution in [0, 0.1) is 0 Å². The van der Waals surface area contributed by atoms with E-state index in [1.54, 1.807) is 12.1 Å². The number of anilines is 1. The number of alkyl halides is 6. The SMILES string of the molecule is O=C(COc1ccc2cc(C(O)(C(F)(F)F)C(F)(F)F)c(O)cc2c1)Nc1ccc(-c2ccccc2)cc1. The van der Waals surface area contributed by atoms with Gasteiger partial charge in [0, 0.05) is 11.3 Å². The predicted octanol–water partition coefficient (Wildman–Crippen LogP) is 6.54. The van der Waals surface area contributed by atoms with Crippen LogP contribution in [0.15, 0.2) is 84.9 Å². The highest BCUT2D eigenvalue weighted by molar-refractivity contribution is 5.92. The molecule has 38 heavy (non-hydrogen) atoms. The highest BCUT2D eigenvalue weighted by Crippen LogP contribution is 2.52. The van der Waals surface area contributed by atoms with Crippen molar-refractivity contribution < 1.29 is 46.1 Å². The zero-order valence-electron chi connectivity index (χ0n) is 19.3. The molecule has 0 heterocycles. The van der Waals surface area contributed by atoms with Gasteiger partial charge in [-0.25, -0.2) is 0 Å². The number of fused-ring (bicyclic) bond motifs is 1. The van der Waals surface area contributed by atoms with Gasteiger partial charge in [-0.05, 0) is 58.3 Å². The zero-order valence-corrected chi connectivity index (χ0v) is 19.3. The Hall–Kier alpha value is -4.25. The van der Waals surface area contributed by atoms with Gasteiger partial charge in [-0.2, -0.15) is 26.3 Å². The molecule has 0 aliphatic heterocycles. The van der Waals surface area contributed by atoms with Gasteiger partial charge in [0.25, 0.3) is 11.5 Å². The van der Waals surface area contributed by atoms with Crippen molar-refractivity contribution in [2.45, 2.75) is 18.0 Å². The minimum Gasteiger partial charge on any atom is -0.508 e. The van der Waals surface area contributed by atoms with Gasteiger partial charge in [-0.15, -0.1) is 0 Å². The Bertz CT molecular complexity index is 1440. The second-order valence-corrected chi connectivity index (χ2v) is 8.36. The molecule has 0 aliphatic rings. The number of rotatable bonds is 6. The molecule has 4 aromatic rings. The third kappa shape index (κ3) is 5.23. The molecular weight excluding hydrogens is 516 g/mol. The summed E-state index contributed by atoms with van der Waals surface area (Å²) >= 11 is 0. The molecule has 0 radical (unpaired) electrons. The van der Waals surface area contributed by atoms with Crippen molar-refractivity contribution in [1.29, 1.82) is 0 Å². The summed E-state index contributed by atoms with van der Waals surface area (Å²) in [5.41, 5.74) is -4.56. The molecule has 11 heteroatoms. The molecule has 4 rings (SSSR count). The number of halogens is 6. The van der Waals surface area contributed by atoms with E-state index in [0.29, 0.717) is 17.8 Å². The molecule has 5 nitrogen and oxygen atoms in total. The number of phenolic OH excluding ortho intramolecular Hbond substituents is 1. The molecule has 0 saturated carbocycles. The summed E-state index contributed by atoms with van der Waals surface area (Å²) in [5, 5.41) is 22.1. The van der Waals surface area contributed by atoms with Crippen molar-refractivity contribution in [3.05, 3.63) is 90.5 Å². The first-order chi connectivity index (χ1) is 17.8. The number of nitrogens with one attached hydrogen (secondary N) is 1. The maximum atomic E-state index is 13.2. The minimum absolute atomic E-state index is 0.0207. The molecule has 0 saturated heterocycles. The van der Waals surface area contributed by atoms with E-state index in [1.165, 1.54) is 12.1 Å². The van der Waals surface area contributed by atoms with Gasteiger partial charge in [-0.1, -0.05) is 48.5 Å².